The van der Waals surface area contributed by atoms with Crippen LogP contribution in [-0.4, -0.2) is 27.0 Å². The summed E-state index contributed by atoms with van der Waals surface area (Å²) < 4.78 is 0. The van der Waals surface area contributed by atoms with Crippen LogP contribution < -0.4 is 16.0 Å². The summed E-state index contributed by atoms with van der Waals surface area (Å²) >= 11 is 0. The molecule has 1 aromatic heterocycles. The minimum absolute atomic E-state index is 0.245. The zero-order chi connectivity index (χ0) is 17.9. The molecular weight excluding hydrogens is 300 g/mol. The van der Waals surface area contributed by atoms with Crippen LogP contribution in [0, 0.1) is 20.8 Å². The van der Waals surface area contributed by atoms with Crippen molar-refractivity contribution in [3.05, 3.63) is 28.8 Å². The van der Waals surface area contributed by atoms with Gasteiger partial charge in [-0.05, 0) is 59.6 Å². The van der Waals surface area contributed by atoms with Crippen LogP contribution in [0.5, 0.6) is 0 Å². The molecule has 1 heterocycles. The van der Waals surface area contributed by atoms with Gasteiger partial charge in [-0.15, -0.1) is 0 Å². The highest BCUT2D eigenvalue weighted by Crippen LogP contribution is 2.25. The summed E-state index contributed by atoms with van der Waals surface area (Å²) in [7, 11) is 0. The average molecular weight is 328 g/mol. The number of nitrogens with one attached hydrogen (secondary N) is 3. The zero-order valence-electron chi connectivity index (χ0n) is 15.7. The van der Waals surface area contributed by atoms with Gasteiger partial charge in [0.05, 0.1) is 0 Å². The molecule has 3 N–H and O–H groups in total. The number of rotatable bonds is 6. The third kappa shape index (κ3) is 4.81. The molecule has 0 aliphatic carbocycles. The van der Waals surface area contributed by atoms with Crippen LogP contribution in [0.25, 0.3) is 0 Å². The van der Waals surface area contributed by atoms with Gasteiger partial charge in [0.25, 0.3) is 0 Å². The molecule has 2 aromatic rings. The highest BCUT2D eigenvalue weighted by molar-refractivity contribution is 5.64. The molecule has 0 radical (unpaired) electrons. The van der Waals surface area contributed by atoms with Crippen LogP contribution in [-0.2, 0) is 0 Å². The lowest BCUT2D eigenvalue weighted by Gasteiger charge is -2.16. The lowest BCUT2D eigenvalue weighted by molar-refractivity contribution is 0.846. The van der Waals surface area contributed by atoms with Gasteiger partial charge in [-0.25, -0.2) is 0 Å². The molecule has 0 saturated heterocycles. The SMILES string of the molecule is Cc1cc(C)c(Nc2nc(NC(C)C)nc(NC(C)C)n2)c(C)c1. The third-order valence-corrected chi connectivity index (χ3v) is 3.38. The molecule has 0 unspecified atom stereocenters. The highest BCUT2D eigenvalue weighted by atomic mass is 15.3. The van der Waals surface area contributed by atoms with Gasteiger partial charge in [0.1, 0.15) is 0 Å². The highest BCUT2D eigenvalue weighted by Gasteiger charge is 2.11. The van der Waals surface area contributed by atoms with Gasteiger partial charge in [-0.1, -0.05) is 17.7 Å². The second kappa shape index (κ2) is 7.47. The lowest BCUT2D eigenvalue weighted by atomic mass is 10.1. The van der Waals surface area contributed by atoms with Crippen molar-refractivity contribution in [1.82, 2.24) is 15.0 Å². The van der Waals surface area contributed by atoms with E-state index in [-0.39, 0.29) is 12.1 Å². The van der Waals surface area contributed by atoms with E-state index in [0.29, 0.717) is 17.8 Å². The molecule has 0 fully saturated rings. The van der Waals surface area contributed by atoms with Crippen molar-refractivity contribution in [1.29, 1.82) is 0 Å². The van der Waals surface area contributed by atoms with E-state index in [1.54, 1.807) is 0 Å². The summed E-state index contributed by atoms with van der Waals surface area (Å²) in [6.07, 6.45) is 0. The number of nitrogens with zero attached hydrogens (tertiary/aromatic N) is 3. The van der Waals surface area contributed by atoms with Crippen molar-refractivity contribution in [3.63, 3.8) is 0 Å². The van der Waals surface area contributed by atoms with Crippen LogP contribution in [0.1, 0.15) is 44.4 Å². The Kier molecular flexibility index (Phi) is 5.59. The lowest BCUT2D eigenvalue weighted by Crippen LogP contribution is -2.18. The Balaban J connectivity index is 2.38. The van der Waals surface area contributed by atoms with Crippen molar-refractivity contribution in [2.75, 3.05) is 16.0 Å². The molecule has 130 valence electrons. The minimum Gasteiger partial charge on any atom is -0.352 e. The van der Waals surface area contributed by atoms with Crippen molar-refractivity contribution in [3.8, 4) is 0 Å². The van der Waals surface area contributed by atoms with Gasteiger partial charge in [0.2, 0.25) is 17.8 Å². The Labute approximate surface area is 144 Å². The third-order valence-electron chi connectivity index (χ3n) is 3.38. The normalized spacial score (nSPS) is 11.0. The second-order valence-electron chi connectivity index (χ2n) is 6.80. The molecule has 0 bridgehead atoms. The molecule has 0 atom stereocenters. The van der Waals surface area contributed by atoms with Gasteiger partial charge in [0.15, 0.2) is 0 Å². The molecule has 0 amide bonds. The quantitative estimate of drug-likeness (QED) is 0.738. The molecule has 0 aliphatic rings. The summed E-state index contributed by atoms with van der Waals surface area (Å²) in [5.74, 6) is 1.66. The summed E-state index contributed by atoms with van der Waals surface area (Å²) in [4.78, 5) is 13.4. The molecule has 24 heavy (non-hydrogen) atoms. The van der Waals surface area contributed by atoms with Crippen LogP contribution in [0.15, 0.2) is 12.1 Å². The number of hydrogen-bond acceptors (Lipinski definition) is 6. The molecule has 0 spiro atoms. The summed E-state index contributed by atoms with van der Waals surface area (Å²) in [5, 5.41) is 9.83. The van der Waals surface area contributed by atoms with Gasteiger partial charge in [-0.2, -0.15) is 15.0 Å². The van der Waals surface area contributed by atoms with Gasteiger partial charge >= 0.3 is 0 Å². The standard InChI is InChI=1S/C18H28N6/c1-10(2)19-16-22-17(20-11(3)4)24-18(23-16)21-15-13(6)8-12(5)9-14(15)7/h8-11H,1-7H3,(H3,19,20,21,22,23,24). The first-order valence-corrected chi connectivity index (χ1v) is 8.38. The Morgan fingerprint density at radius 3 is 1.54 bits per heavy atom. The summed E-state index contributed by atoms with van der Waals surface area (Å²) in [6, 6.07) is 4.79. The first kappa shape index (κ1) is 18.0. The number of aromatic nitrogens is 3. The number of aryl methyl sites for hydroxylation is 3. The Hall–Kier alpha value is -2.37. The fourth-order valence-corrected chi connectivity index (χ4v) is 2.57. The van der Waals surface area contributed by atoms with E-state index in [1.165, 1.54) is 16.7 Å². The van der Waals surface area contributed by atoms with Crippen LogP contribution >= 0.6 is 0 Å². The molecular formula is C18H28N6. The van der Waals surface area contributed by atoms with Crippen molar-refractivity contribution < 1.29 is 0 Å². The second-order valence-corrected chi connectivity index (χ2v) is 6.80. The summed E-state index contributed by atoms with van der Waals surface area (Å²) in [5.41, 5.74) is 4.63. The van der Waals surface area contributed by atoms with E-state index in [4.69, 9.17) is 0 Å². The van der Waals surface area contributed by atoms with Gasteiger partial charge in [-0.3, -0.25) is 0 Å². The predicted molar refractivity (Wildman–Crippen MR) is 101 cm³/mol. The zero-order valence-corrected chi connectivity index (χ0v) is 15.7. The van der Waals surface area contributed by atoms with Gasteiger partial charge in [0, 0.05) is 17.8 Å². The smallest absolute Gasteiger partial charge is 0.233 e. The predicted octanol–water partition coefficient (Wildman–Crippen LogP) is 4.18. The van der Waals surface area contributed by atoms with E-state index >= 15 is 0 Å². The van der Waals surface area contributed by atoms with E-state index < -0.39 is 0 Å². The molecule has 1 aromatic carbocycles. The van der Waals surface area contributed by atoms with Crippen molar-refractivity contribution >= 4 is 23.5 Å². The topological polar surface area (TPSA) is 74.8 Å². The van der Waals surface area contributed by atoms with Crippen LogP contribution in [0.3, 0.4) is 0 Å². The number of hydrogen-bond donors (Lipinski definition) is 3. The molecule has 6 nitrogen and oxygen atoms in total. The monoisotopic (exact) mass is 328 g/mol. The van der Waals surface area contributed by atoms with Crippen molar-refractivity contribution in [2.45, 2.75) is 60.5 Å². The molecule has 0 saturated carbocycles. The largest absolute Gasteiger partial charge is 0.352 e. The fourth-order valence-electron chi connectivity index (χ4n) is 2.57. The Morgan fingerprint density at radius 1 is 0.708 bits per heavy atom. The van der Waals surface area contributed by atoms with Crippen molar-refractivity contribution in [2.24, 2.45) is 0 Å². The van der Waals surface area contributed by atoms with E-state index in [1.807, 2.05) is 0 Å². The summed E-state index contributed by atoms with van der Waals surface area (Å²) in [6.45, 7) is 14.5. The number of benzene rings is 1. The Bertz CT molecular complexity index is 657. The first-order valence-electron chi connectivity index (χ1n) is 8.38. The van der Waals surface area contributed by atoms with Crippen LogP contribution in [0.4, 0.5) is 23.5 Å². The van der Waals surface area contributed by atoms with Gasteiger partial charge < -0.3 is 16.0 Å². The maximum Gasteiger partial charge on any atom is 0.233 e. The number of anilines is 4. The first-order chi connectivity index (χ1) is 11.2. The maximum absolute atomic E-state index is 4.50. The van der Waals surface area contributed by atoms with E-state index in [2.05, 4.69) is 91.5 Å². The average Bonchev–Trinajstić information content (AvgIpc) is 2.41. The maximum atomic E-state index is 4.50. The Morgan fingerprint density at radius 2 is 1.12 bits per heavy atom. The molecule has 0 aliphatic heterocycles. The van der Waals surface area contributed by atoms with E-state index in [0.717, 1.165) is 5.69 Å². The molecule has 6 heteroatoms. The van der Waals surface area contributed by atoms with Crippen LogP contribution in [0.2, 0.25) is 0 Å². The molecule has 2 rings (SSSR count). The van der Waals surface area contributed by atoms with E-state index in [9.17, 15) is 0 Å². The fraction of sp³-hybridized carbons (Fsp3) is 0.500. The minimum atomic E-state index is 0.245.